The minimum Gasteiger partial charge on any atom is -0.365 e. The average Bonchev–Trinajstić information content (AvgIpc) is 2.67. The summed E-state index contributed by atoms with van der Waals surface area (Å²) in [6.45, 7) is 7.55. The molecule has 16 heavy (non-hydrogen) atoms. The average molecular weight is 218 g/mol. The summed E-state index contributed by atoms with van der Waals surface area (Å²) < 4.78 is 0. The predicted octanol–water partition coefficient (Wildman–Crippen LogP) is 2.42. The first-order valence-corrected chi connectivity index (χ1v) is 6.21. The fourth-order valence-electron chi connectivity index (χ4n) is 2.73. The molecule has 0 spiro atoms. The van der Waals surface area contributed by atoms with Gasteiger partial charge in [-0.3, -0.25) is 0 Å². The molecule has 0 fully saturated rings. The fourth-order valence-corrected chi connectivity index (χ4v) is 2.73. The lowest BCUT2D eigenvalue weighted by atomic mass is 9.97. The third-order valence-electron chi connectivity index (χ3n) is 3.64. The van der Waals surface area contributed by atoms with Crippen LogP contribution in [0.25, 0.3) is 0 Å². The van der Waals surface area contributed by atoms with E-state index in [1.807, 2.05) is 0 Å². The second-order valence-corrected chi connectivity index (χ2v) is 5.11. The van der Waals surface area contributed by atoms with Crippen LogP contribution in [-0.2, 0) is 6.42 Å². The fraction of sp³-hybridized carbons (Fsp3) is 0.571. The zero-order valence-electron chi connectivity index (χ0n) is 10.5. The molecule has 1 aromatic carbocycles. The van der Waals surface area contributed by atoms with Crippen molar-refractivity contribution in [3.63, 3.8) is 0 Å². The highest BCUT2D eigenvalue weighted by Gasteiger charge is 2.33. The summed E-state index contributed by atoms with van der Waals surface area (Å²) in [6.07, 6.45) is 1.15. The van der Waals surface area contributed by atoms with E-state index in [9.17, 15) is 0 Å². The number of hydrogen-bond donors (Lipinski definition) is 1. The summed E-state index contributed by atoms with van der Waals surface area (Å²) in [5, 5.41) is 0. The van der Waals surface area contributed by atoms with E-state index in [0.717, 1.165) is 13.0 Å². The van der Waals surface area contributed by atoms with Crippen LogP contribution in [-0.4, -0.2) is 18.6 Å². The van der Waals surface area contributed by atoms with Crippen LogP contribution in [0.5, 0.6) is 0 Å². The first-order valence-electron chi connectivity index (χ1n) is 6.21. The van der Waals surface area contributed by atoms with E-state index < -0.39 is 0 Å². The van der Waals surface area contributed by atoms with Crippen molar-refractivity contribution in [1.29, 1.82) is 0 Å². The molecule has 0 bridgehead atoms. The highest BCUT2D eigenvalue weighted by Crippen LogP contribution is 2.36. The largest absolute Gasteiger partial charge is 0.365 e. The summed E-state index contributed by atoms with van der Waals surface area (Å²) in [6, 6.07) is 9.85. The predicted molar refractivity (Wildman–Crippen MR) is 69.8 cm³/mol. The molecule has 2 unspecified atom stereocenters. The van der Waals surface area contributed by atoms with Crippen LogP contribution in [0, 0.1) is 5.92 Å². The number of fused-ring (bicyclic) bond motifs is 1. The second-order valence-electron chi connectivity index (χ2n) is 5.11. The van der Waals surface area contributed by atoms with Gasteiger partial charge in [-0.2, -0.15) is 0 Å². The smallest absolute Gasteiger partial charge is 0.0404 e. The Bertz CT molecular complexity index is 360. The van der Waals surface area contributed by atoms with Gasteiger partial charge in [0.15, 0.2) is 0 Å². The van der Waals surface area contributed by atoms with Crippen molar-refractivity contribution < 1.29 is 0 Å². The summed E-state index contributed by atoms with van der Waals surface area (Å²) in [7, 11) is 0. The number of hydrogen-bond acceptors (Lipinski definition) is 2. The number of nitrogens with two attached hydrogens (primary N) is 1. The van der Waals surface area contributed by atoms with Gasteiger partial charge in [0.1, 0.15) is 0 Å². The van der Waals surface area contributed by atoms with E-state index >= 15 is 0 Å². The Labute approximate surface area is 98.4 Å². The molecule has 0 radical (unpaired) electrons. The summed E-state index contributed by atoms with van der Waals surface area (Å²) >= 11 is 0. The Morgan fingerprint density at radius 1 is 1.31 bits per heavy atom. The maximum atomic E-state index is 5.82. The molecule has 2 heteroatoms. The van der Waals surface area contributed by atoms with Crippen LogP contribution in [0.3, 0.4) is 0 Å². The van der Waals surface area contributed by atoms with E-state index in [-0.39, 0.29) is 0 Å². The Hall–Kier alpha value is -1.02. The van der Waals surface area contributed by atoms with Crippen LogP contribution < -0.4 is 10.6 Å². The number of anilines is 1. The van der Waals surface area contributed by atoms with Crippen molar-refractivity contribution in [3.05, 3.63) is 29.8 Å². The molecule has 0 aromatic heterocycles. The molecule has 2 rings (SSSR count). The van der Waals surface area contributed by atoms with E-state index in [1.165, 1.54) is 11.3 Å². The van der Waals surface area contributed by atoms with Gasteiger partial charge < -0.3 is 10.6 Å². The molecule has 2 nitrogen and oxygen atoms in total. The summed E-state index contributed by atoms with van der Waals surface area (Å²) in [5.74, 6) is 0.551. The van der Waals surface area contributed by atoms with Crippen LogP contribution in [0.1, 0.15) is 26.3 Å². The Morgan fingerprint density at radius 2 is 2.00 bits per heavy atom. The minimum atomic E-state index is 0.544. The van der Waals surface area contributed by atoms with Gasteiger partial charge in [0, 0.05) is 17.8 Å². The van der Waals surface area contributed by atoms with Gasteiger partial charge in [0.05, 0.1) is 0 Å². The topological polar surface area (TPSA) is 29.3 Å². The number of para-hydroxylation sites is 1. The molecule has 0 saturated heterocycles. The van der Waals surface area contributed by atoms with E-state index in [0.29, 0.717) is 18.0 Å². The molecule has 1 aliphatic rings. The van der Waals surface area contributed by atoms with Gasteiger partial charge in [0.25, 0.3) is 0 Å². The van der Waals surface area contributed by atoms with Gasteiger partial charge in [-0.25, -0.2) is 0 Å². The zero-order chi connectivity index (χ0) is 11.7. The summed E-state index contributed by atoms with van der Waals surface area (Å²) in [5.41, 5.74) is 8.70. The van der Waals surface area contributed by atoms with Gasteiger partial charge in [-0.05, 0) is 44.4 Å². The molecule has 1 aromatic rings. The van der Waals surface area contributed by atoms with Gasteiger partial charge in [-0.1, -0.05) is 25.1 Å². The van der Waals surface area contributed by atoms with Crippen molar-refractivity contribution in [1.82, 2.24) is 0 Å². The second kappa shape index (κ2) is 4.46. The Morgan fingerprint density at radius 3 is 2.62 bits per heavy atom. The molecule has 1 aliphatic heterocycles. The SMILES string of the molecule is CC(CN)C1Cc2ccccc2N1C(C)C. The minimum absolute atomic E-state index is 0.544. The monoisotopic (exact) mass is 218 g/mol. The third-order valence-corrected chi connectivity index (χ3v) is 3.64. The molecule has 2 atom stereocenters. The third kappa shape index (κ3) is 1.82. The van der Waals surface area contributed by atoms with Gasteiger partial charge in [-0.15, -0.1) is 0 Å². The van der Waals surface area contributed by atoms with Crippen LogP contribution in [0.15, 0.2) is 24.3 Å². The van der Waals surface area contributed by atoms with Crippen molar-refractivity contribution >= 4 is 5.69 Å². The lowest BCUT2D eigenvalue weighted by Gasteiger charge is -2.34. The van der Waals surface area contributed by atoms with Crippen molar-refractivity contribution in [2.75, 3.05) is 11.4 Å². The number of benzene rings is 1. The van der Waals surface area contributed by atoms with E-state index in [2.05, 4.69) is 49.9 Å². The molecule has 0 aliphatic carbocycles. The molecule has 2 N–H and O–H groups in total. The van der Waals surface area contributed by atoms with Crippen molar-refractivity contribution in [2.45, 2.75) is 39.3 Å². The first-order chi connectivity index (χ1) is 7.65. The van der Waals surface area contributed by atoms with Gasteiger partial charge in [0.2, 0.25) is 0 Å². The lowest BCUT2D eigenvalue weighted by molar-refractivity contribution is 0.427. The molecular formula is C14H22N2. The molecular weight excluding hydrogens is 196 g/mol. The Kier molecular flexibility index (Phi) is 3.20. The van der Waals surface area contributed by atoms with E-state index in [1.54, 1.807) is 0 Å². The quantitative estimate of drug-likeness (QED) is 0.844. The maximum absolute atomic E-state index is 5.82. The summed E-state index contributed by atoms with van der Waals surface area (Å²) in [4.78, 5) is 2.53. The molecule has 88 valence electrons. The number of rotatable bonds is 3. The van der Waals surface area contributed by atoms with Crippen LogP contribution >= 0.6 is 0 Å². The maximum Gasteiger partial charge on any atom is 0.0404 e. The lowest BCUT2D eigenvalue weighted by Crippen LogP contribution is -2.43. The number of nitrogens with zero attached hydrogens (tertiary/aromatic N) is 1. The Balaban J connectivity index is 2.33. The normalized spacial score (nSPS) is 21.3. The standard InChI is InChI=1S/C14H22N2/c1-10(2)16-13-7-5-4-6-12(13)8-14(16)11(3)9-15/h4-7,10-11,14H,8-9,15H2,1-3H3. The van der Waals surface area contributed by atoms with Crippen LogP contribution in [0.2, 0.25) is 0 Å². The molecule has 0 amide bonds. The van der Waals surface area contributed by atoms with Crippen molar-refractivity contribution in [3.8, 4) is 0 Å². The first kappa shape index (κ1) is 11.5. The van der Waals surface area contributed by atoms with Gasteiger partial charge >= 0.3 is 0 Å². The highest BCUT2D eigenvalue weighted by molar-refractivity contribution is 5.60. The highest BCUT2D eigenvalue weighted by atomic mass is 15.2. The zero-order valence-corrected chi connectivity index (χ0v) is 10.5. The molecule has 1 heterocycles. The molecule has 0 saturated carbocycles. The van der Waals surface area contributed by atoms with Crippen molar-refractivity contribution in [2.24, 2.45) is 11.7 Å². The van der Waals surface area contributed by atoms with E-state index in [4.69, 9.17) is 5.73 Å². The van der Waals surface area contributed by atoms with Crippen LogP contribution in [0.4, 0.5) is 5.69 Å².